The van der Waals surface area contributed by atoms with E-state index in [1.807, 2.05) is 38.2 Å². The highest BCUT2D eigenvalue weighted by atomic mass is 16.5. The zero-order valence-electron chi connectivity index (χ0n) is 15.3. The van der Waals surface area contributed by atoms with Crippen LogP contribution in [0.2, 0.25) is 0 Å². The topological polar surface area (TPSA) is 54.8 Å². The van der Waals surface area contributed by atoms with E-state index in [1.54, 1.807) is 14.2 Å². The highest BCUT2D eigenvalue weighted by Crippen LogP contribution is 2.35. The van der Waals surface area contributed by atoms with Crippen molar-refractivity contribution in [1.29, 1.82) is 0 Å². The van der Waals surface area contributed by atoms with Crippen LogP contribution in [0.4, 0.5) is 0 Å². The van der Waals surface area contributed by atoms with Crippen LogP contribution in [0, 0.1) is 13.8 Å². The second kappa shape index (κ2) is 7.42. The Balaban J connectivity index is 1.88. The van der Waals surface area contributed by atoms with Crippen molar-refractivity contribution in [2.45, 2.75) is 39.0 Å². The average Bonchev–Trinajstić information content (AvgIpc) is 2.98. The Labute approximate surface area is 149 Å². The summed E-state index contributed by atoms with van der Waals surface area (Å²) < 4.78 is 10.9. The standard InChI is InChI=1S/C20H26N2O3/c1-13-10-21-18(14(2)20(13)25-4)12-22-11-16(23)9-19(22)15-6-5-7-17(8-15)24-3/h5-8,10,16,19,23H,9,11-12H2,1-4H3/t16-,19-/m1/s1. The number of methoxy groups -OCH3 is 2. The molecule has 0 bridgehead atoms. The molecule has 0 aliphatic carbocycles. The van der Waals surface area contributed by atoms with E-state index >= 15 is 0 Å². The predicted octanol–water partition coefficient (Wildman–Crippen LogP) is 3.02. The number of pyridine rings is 1. The van der Waals surface area contributed by atoms with Crippen LogP contribution in [0.1, 0.15) is 34.8 Å². The SMILES string of the molecule is COc1cccc([C@H]2C[C@@H](O)CN2Cc2ncc(C)c(OC)c2C)c1. The van der Waals surface area contributed by atoms with E-state index in [1.165, 1.54) is 0 Å². The van der Waals surface area contributed by atoms with E-state index in [0.29, 0.717) is 13.1 Å². The van der Waals surface area contributed by atoms with Gasteiger partial charge in [0.25, 0.3) is 0 Å². The molecule has 0 unspecified atom stereocenters. The van der Waals surface area contributed by atoms with Gasteiger partial charge < -0.3 is 14.6 Å². The van der Waals surface area contributed by atoms with Gasteiger partial charge in [0.05, 0.1) is 26.0 Å². The average molecular weight is 342 g/mol. The Morgan fingerprint density at radius 2 is 2.04 bits per heavy atom. The lowest BCUT2D eigenvalue weighted by Crippen LogP contribution is -2.25. The van der Waals surface area contributed by atoms with Gasteiger partial charge >= 0.3 is 0 Å². The third-order valence-corrected chi connectivity index (χ3v) is 4.96. The summed E-state index contributed by atoms with van der Waals surface area (Å²) in [5.41, 5.74) is 4.25. The molecular formula is C20H26N2O3. The van der Waals surface area contributed by atoms with Gasteiger partial charge in [-0.2, -0.15) is 0 Å². The van der Waals surface area contributed by atoms with Gasteiger partial charge in [0.1, 0.15) is 11.5 Å². The number of hydrogen-bond acceptors (Lipinski definition) is 5. The number of nitrogens with zero attached hydrogens (tertiary/aromatic N) is 2. The van der Waals surface area contributed by atoms with Gasteiger partial charge in [-0.15, -0.1) is 0 Å². The van der Waals surface area contributed by atoms with Crippen molar-refractivity contribution in [2.24, 2.45) is 0 Å². The molecule has 1 aromatic heterocycles. The first-order valence-electron chi connectivity index (χ1n) is 8.58. The summed E-state index contributed by atoms with van der Waals surface area (Å²) >= 11 is 0. The van der Waals surface area contributed by atoms with Crippen LogP contribution >= 0.6 is 0 Å². The number of aryl methyl sites for hydroxylation is 1. The second-order valence-electron chi connectivity index (χ2n) is 6.66. The third-order valence-electron chi connectivity index (χ3n) is 4.96. The van der Waals surface area contributed by atoms with Crippen molar-refractivity contribution in [2.75, 3.05) is 20.8 Å². The maximum absolute atomic E-state index is 10.2. The summed E-state index contributed by atoms with van der Waals surface area (Å²) in [5.74, 6) is 1.73. The Morgan fingerprint density at radius 1 is 1.24 bits per heavy atom. The summed E-state index contributed by atoms with van der Waals surface area (Å²) in [4.78, 5) is 6.89. The predicted molar refractivity (Wildman–Crippen MR) is 97.0 cm³/mol. The molecule has 3 rings (SSSR count). The fourth-order valence-electron chi connectivity index (χ4n) is 3.67. The Morgan fingerprint density at radius 3 is 2.76 bits per heavy atom. The molecule has 5 heteroatoms. The molecule has 134 valence electrons. The summed E-state index contributed by atoms with van der Waals surface area (Å²) in [6.07, 6.45) is 2.24. The van der Waals surface area contributed by atoms with Crippen molar-refractivity contribution in [3.8, 4) is 11.5 Å². The fourth-order valence-corrected chi connectivity index (χ4v) is 3.67. The molecule has 1 aromatic carbocycles. The number of aliphatic hydroxyl groups is 1. The molecule has 1 aliphatic heterocycles. The monoisotopic (exact) mass is 342 g/mol. The lowest BCUT2D eigenvalue weighted by molar-refractivity contribution is 0.172. The van der Waals surface area contributed by atoms with Gasteiger partial charge in [0, 0.05) is 36.5 Å². The van der Waals surface area contributed by atoms with E-state index in [4.69, 9.17) is 9.47 Å². The first-order valence-corrected chi connectivity index (χ1v) is 8.58. The molecule has 0 saturated carbocycles. The number of hydrogen-bond donors (Lipinski definition) is 1. The van der Waals surface area contributed by atoms with Gasteiger partial charge in [-0.25, -0.2) is 0 Å². The van der Waals surface area contributed by atoms with Gasteiger partial charge in [-0.3, -0.25) is 9.88 Å². The van der Waals surface area contributed by atoms with Crippen LogP contribution in [0.15, 0.2) is 30.5 Å². The molecule has 1 aliphatic rings. The van der Waals surface area contributed by atoms with Crippen LogP contribution in [-0.4, -0.2) is 41.9 Å². The number of rotatable bonds is 5. The first-order chi connectivity index (χ1) is 12.0. The van der Waals surface area contributed by atoms with E-state index in [2.05, 4.69) is 16.0 Å². The quantitative estimate of drug-likeness (QED) is 0.905. The van der Waals surface area contributed by atoms with Crippen LogP contribution in [0.3, 0.4) is 0 Å². The molecule has 0 spiro atoms. The zero-order valence-corrected chi connectivity index (χ0v) is 15.3. The highest BCUT2D eigenvalue weighted by Gasteiger charge is 2.33. The molecule has 2 atom stereocenters. The first kappa shape index (κ1) is 17.7. The molecule has 1 N–H and O–H groups in total. The maximum atomic E-state index is 10.2. The van der Waals surface area contributed by atoms with E-state index in [-0.39, 0.29) is 12.1 Å². The number of benzene rings is 1. The van der Waals surface area contributed by atoms with E-state index in [9.17, 15) is 5.11 Å². The number of aromatic nitrogens is 1. The minimum atomic E-state index is -0.330. The molecule has 0 radical (unpaired) electrons. The summed E-state index contributed by atoms with van der Waals surface area (Å²) in [5, 5.41) is 10.2. The smallest absolute Gasteiger partial charge is 0.128 e. The molecule has 2 aromatic rings. The third kappa shape index (κ3) is 3.62. The van der Waals surface area contributed by atoms with Gasteiger partial charge in [-0.05, 0) is 38.0 Å². The van der Waals surface area contributed by atoms with Crippen molar-refractivity contribution in [3.63, 3.8) is 0 Å². The van der Waals surface area contributed by atoms with Gasteiger partial charge in [0.2, 0.25) is 0 Å². The summed E-state index contributed by atoms with van der Waals surface area (Å²) in [6, 6.07) is 8.23. The molecular weight excluding hydrogens is 316 g/mol. The van der Waals surface area contributed by atoms with E-state index < -0.39 is 0 Å². The van der Waals surface area contributed by atoms with Crippen molar-refractivity contribution in [3.05, 3.63) is 52.8 Å². The Hall–Kier alpha value is -2.11. The van der Waals surface area contributed by atoms with E-state index in [0.717, 1.165) is 40.3 Å². The lowest BCUT2D eigenvalue weighted by Gasteiger charge is -2.25. The number of likely N-dealkylation sites (tertiary alicyclic amines) is 1. The molecule has 25 heavy (non-hydrogen) atoms. The normalized spacial score (nSPS) is 20.7. The largest absolute Gasteiger partial charge is 0.497 e. The lowest BCUT2D eigenvalue weighted by atomic mass is 10.0. The highest BCUT2D eigenvalue weighted by molar-refractivity contribution is 5.41. The van der Waals surface area contributed by atoms with Gasteiger partial charge in [0.15, 0.2) is 0 Å². The fraction of sp³-hybridized carbons (Fsp3) is 0.450. The zero-order chi connectivity index (χ0) is 18.0. The molecule has 0 amide bonds. The minimum absolute atomic E-state index is 0.151. The molecule has 5 nitrogen and oxygen atoms in total. The molecule has 1 fully saturated rings. The number of aliphatic hydroxyl groups excluding tert-OH is 1. The van der Waals surface area contributed by atoms with Crippen molar-refractivity contribution < 1.29 is 14.6 Å². The minimum Gasteiger partial charge on any atom is -0.497 e. The Bertz CT molecular complexity index is 748. The van der Waals surface area contributed by atoms with Crippen LogP contribution in [0.5, 0.6) is 11.5 Å². The second-order valence-corrected chi connectivity index (χ2v) is 6.66. The van der Waals surface area contributed by atoms with Gasteiger partial charge in [-0.1, -0.05) is 12.1 Å². The summed E-state index contributed by atoms with van der Waals surface area (Å²) in [7, 11) is 3.37. The number of ether oxygens (including phenoxy) is 2. The van der Waals surface area contributed by atoms with Crippen molar-refractivity contribution >= 4 is 0 Å². The summed E-state index contributed by atoms with van der Waals surface area (Å²) in [6.45, 7) is 5.36. The van der Waals surface area contributed by atoms with Crippen molar-refractivity contribution in [1.82, 2.24) is 9.88 Å². The van der Waals surface area contributed by atoms with Crippen LogP contribution in [0.25, 0.3) is 0 Å². The molecule has 2 heterocycles. The maximum Gasteiger partial charge on any atom is 0.128 e. The Kier molecular flexibility index (Phi) is 5.25. The van der Waals surface area contributed by atoms with Crippen LogP contribution < -0.4 is 9.47 Å². The molecule has 1 saturated heterocycles. The van der Waals surface area contributed by atoms with Crippen LogP contribution in [-0.2, 0) is 6.54 Å². The number of β-amino-alcohol motifs (C(OH)–C–C–N with tert-alkyl or cyclic N) is 1.